The third-order valence-electron chi connectivity index (χ3n) is 0.535. The molecule has 0 unspecified atom stereocenters. The van der Waals surface area contributed by atoms with Crippen LogP contribution >= 0.6 is 12.2 Å². The van der Waals surface area contributed by atoms with Gasteiger partial charge in [0.1, 0.15) is 0 Å². The minimum absolute atomic E-state index is 0.0702. The summed E-state index contributed by atoms with van der Waals surface area (Å²) in [4.78, 5) is 3.64. The van der Waals surface area contributed by atoms with Crippen molar-refractivity contribution < 1.29 is 0 Å². The van der Waals surface area contributed by atoms with Crippen LogP contribution in [0.25, 0.3) is 0 Å². The van der Waals surface area contributed by atoms with Gasteiger partial charge >= 0.3 is 15.2 Å². The fourth-order valence-electron chi connectivity index (χ4n) is 0.192. The second-order valence-electron chi connectivity index (χ2n) is 1.16. The van der Waals surface area contributed by atoms with Crippen LogP contribution in [0.3, 0.4) is 0 Å². The maximum atomic E-state index is 5.29. The van der Waals surface area contributed by atoms with E-state index in [0.29, 0.717) is 4.70 Å². The molecule has 0 spiro atoms. The zero-order chi connectivity index (χ0) is 6.57. The van der Waals surface area contributed by atoms with Crippen LogP contribution in [-0.2, 0) is 0 Å². The zero-order valence-electron chi connectivity index (χ0n) is 4.59. The average molecular weight is 144 g/mol. The summed E-state index contributed by atoms with van der Waals surface area (Å²) in [7, 11) is 0. The first-order chi connectivity index (χ1) is 3.66. The molecule has 5 heteroatoms. The fraction of sp³-hybridized carbons (Fsp3) is 0.333. The highest BCUT2D eigenvalue weighted by Crippen LogP contribution is 1.68. The van der Waals surface area contributed by atoms with Gasteiger partial charge in [0.2, 0.25) is 0 Å². The molecule has 0 heterocycles. The van der Waals surface area contributed by atoms with E-state index in [1.54, 1.807) is 0 Å². The second kappa shape index (κ2) is 3.84. The SMILES string of the molecule is [CH3][Al][C](N)=NC(N)=S. The molecule has 0 rings (SSSR count). The van der Waals surface area contributed by atoms with E-state index in [0.717, 1.165) is 0 Å². The Labute approximate surface area is 59.9 Å². The quantitative estimate of drug-likeness (QED) is 0.221. The molecule has 0 aliphatic rings. The van der Waals surface area contributed by atoms with E-state index in [1.807, 2.05) is 5.79 Å². The highest BCUT2D eigenvalue weighted by molar-refractivity contribution is 7.80. The van der Waals surface area contributed by atoms with Gasteiger partial charge in [-0.1, -0.05) is 0 Å². The number of nitrogens with zero attached hydrogens (tertiary/aromatic N) is 1. The number of hydrogen-bond donors (Lipinski definition) is 2. The molecule has 0 fully saturated rings. The number of nitrogens with two attached hydrogens (primary N) is 2. The van der Waals surface area contributed by atoms with Crippen LogP contribution in [-0.4, -0.2) is 25.0 Å². The maximum Gasteiger partial charge on any atom is 0.308 e. The van der Waals surface area contributed by atoms with Crippen molar-refractivity contribution >= 4 is 37.2 Å². The molecular weight excluding hydrogens is 137 g/mol. The lowest BCUT2D eigenvalue weighted by atomic mass is 11.1. The Morgan fingerprint density at radius 1 is 1.62 bits per heavy atom. The Morgan fingerprint density at radius 3 is 2.25 bits per heavy atom. The van der Waals surface area contributed by atoms with Crippen molar-refractivity contribution in [2.24, 2.45) is 16.5 Å². The topological polar surface area (TPSA) is 64.4 Å². The highest BCUT2D eigenvalue weighted by atomic mass is 32.1. The first-order valence-electron chi connectivity index (χ1n) is 2.09. The zero-order valence-corrected chi connectivity index (χ0v) is 6.56. The standard InChI is InChI=1S/C2H4N3S.CH3.Al/c3-1-5-2(4)6;;/h(H4,3,4,5,6);1H3;. The number of thiocarbonyl (C=S) groups is 1. The van der Waals surface area contributed by atoms with E-state index >= 15 is 0 Å². The van der Waals surface area contributed by atoms with E-state index in [1.165, 1.54) is 0 Å². The summed E-state index contributed by atoms with van der Waals surface area (Å²) < 4.78 is 0.567. The maximum absolute atomic E-state index is 5.29. The Kier molecular flexibility index (Phi) is 3.79. The van der Waals surface area contributed by atoms with Crippen LogP contribution in [0.5, 0.6) is 0 Å². The molecule has 3 nitrogen and oxygen atoms in total. The fourth-order valence-corrected chi connectivity index (χ4v) is 0.659. The molecule has 0 aromatic rings. The minimum atomic E-state index is 0.0702. The summed E-state index contributed by atoms with van der Waals surface area (Å²) >= 11 is 4.53. The molecule has 43 valence electrons. The lowest BCUT2D eigenvalue weighted by molar-refractivity contribution is 1.59. The summed E-state index contributed by atoms with van der Waals surface area (Å²) in [6, 6.07) is 0. The van der Waals surface area contributed by atoms with Crippen LogP contribution in [0.15, 0.2) is 4.99 Å². The molecular formula is C3H7AlN3S. The number of aliphatic imine (C=N–C) groups is 1. The molecule has 8 heavy (non-hydrogen) atoms. The predicted octanol–water partition coefficient (Wildman–Crippen LogP) is -0.703. The van der Waals surface area contributed by atoms with Gasteiger partial charge in [-0.25, -0.2) is 4.99 Å². The van der Waals surface area contributed by atoms with Crippen molar-refractivity contribution in [3.05, 3.63) is 0 Å². The largest absolute Gasteiger partial charge is 0.403 e. The Bertz CT molecular complexity index is 122. The van der Waals surface area contributed by atoms with Crippen LogP contribution in [0.2, 0.25) is 5.79 Å². The Morgan fingerprint density at radius 2 is 2.12 bits per heavy atom. The van der Waals surface area contributed by atoms with E-state index in [2.05, 4.69) is 17.2 Å². The number of rotatable bonds is 1. The summed E-state index contributed by atoms with van der Waals surface area (Å²) in [5.41, 5.74) is 10.3. The van der Waals surface area contributed by atoms with E-state index < -0.39 is 0 Å². The Hall–Kier alpha value is -0.108. The van der Waals surface area contributed by atoms with Gasteiger partial charge in [0, 0.05) is 4.70 Å². The molecule has 0 amide bonds. The molecule has 0 saturated heterocycles. The Balaban J connectivity index is 3.75. The summed E-state index contributed by atoms with van der Waals surface area (Å²) in [6.45, 7) is 0. The molecule has 1 radical (unpaired) electrons. The number of hydrogen-bond acceptors (Lipinski definition) is 1. The lowest BCUT2D eigenvalue weighted by Crippen LogP contribution is -2.21. The van der Waals surface area contributed by atoms with Gasteiger partial charge in [-0.2, -0.15) is 0 Å². The van der Waals surface area contributed by atoms with E-state index in [-0.39, 0.29) is 20.3 Å². The first-order valence-corrected chi connectivity index (χ1v) is 4.24. The van der Waals surface area contributed by atoms with Gasteiger partial charge in [-0.3, -0.25) is 0 Å². The van der Waals surface area contributed by atoms with Crippen molar-refractivity contribution in [3.8, 4) is 0 Å². The van der Waals surface area contributed by atoms with Gasteiger partial charge in [0.05, 0.1) is 0 Å². The van der Waals surface area contributed by atoms with Crippen molar-refractivity contribution in [2.75, 3.05) is 0 Å². The van der Waals surface area contributed by atoms with Gasteiger partial charge in [0.25, 0.3) is 0 Å². The molecule has 0 aromatic carbocycles. The van der Waals surface area contributed by atoms with Gasteiger partial charge in [0.15, 0.2) is 5.11 Å². The molecule has 0 saturated carbocycles. The van der Waals surface area contributed by atoms with Crippen molar-refractivity contribution in [3.63, 3.8) is 0 Å². The molecule has 0 atom stereocenters. The second-order valence-corrected chi connectivity index (χ2v) is 2.75. The molecule has 0 aliphatic carbocycles. The van der Waals surface area contributed by atoms with Crippen LogP contribution in [0.4, 0.5) is 0 Å². The van der Waals surface area contributed by atoms with Crippen LogP contribution in [0.1, 0.15) is 0 Å². The lowest BCUT2D eigenvalue weighted by Gasteiger charge is -1.89. The van der Waals surface area contributed by atoms with Crippen molar-refractivity contribution in [1.29, 1.82) is 0 Å². The van der Waals surface area contributed by atoms with Crippen LogP contribution < -0.4 is 11.5 Å². The summed E-state index contributed by atoms with van der Waals surface area (Å²) in [5.74, 6) is 1.97. The van der Waals surface area contributed by atoms with Crippen LogP contribution in [0, 0.1) is 0 Å². The summed E-state index contributed by atoms with van der Waals surface area (Å²) in [6.07, 6.45) is 0. The smallest absolute Gasteiger partial charge is 0.308 e. The molecule has 4 N–H and O–H groups in total. The first kappa shape index (κ1) is 7.89. The van der Waals surface area contributed by atoms with Gasteiger partial charge in [-0.15, -0.1) is 5.79 Å². The molecule has 0 aromatic heterocycles. The monoisotopic (exact) mass is 144 g/mol. The summed E-state index contributed by atoms with van der Waals surface area (Å²) in [5, 5.41) is 0.122. The van der Waals surface area contributed by atoms with E-state index in [4.69, 9.17) is 11.5 Å². The van der Waals surface area contributed by atoms with Gasteiger partial charge < -0.3 is 11.5 Å². The molecule has 0 aliphatic heterocycles. The predicted molar refractivity (Wildman–Crippen MR) is 40.0 cm³/mol. The number of amidine groups is 1. The molecule has 0 bridgehead atoms. The highest BCUT2D eigenvalue weighted by Gasteiger charge is 1.87. The van der Waals surface area contributed by atoms with Gasteiger partial charge in [-0.05, 0) is 12.2 Å². The minimum Gasteiger partial charge on any atom is -0.403 e. The average Bonchev–Trinajstić information content (AvgIpc) is 1.65. The van der Waals surface area contributed by atoms with E-state index in [9.17, 15) is 0 Å². The van der Waals surface area contributed by atoms with Crippen molar-refractivity contribution in [1.82, 2.24) is 0 Å². The third-order valence-corrected chi connectivity index (χ3v) is 1.35. The van der Waals surface area contributed by atoms with Crippen molar-refractivity contribution in [2.45, 2.75) is 5.79 Å². The normalized spacial score (nSPS) is 10.9. The third kappa shape index (κ3) is 4.06.